The molecule has 0 aromatic heterocycles. The molecule has 25 heteroatoms. The van der Waals surface area contributed by atoms with E-state index < -0.39 is 133 Å². The highest BCUT2D eigenvalue weighted by atomic mass is 16.4. The predicted molar refractivity (Wildman–Crippen MR) is 259 cm³/mol. The zero-order valence-corrected chi connectivity index (χ0v) is 40.3. The van der Waals surface area contributed by atoms with Gasteiger partial charge in [-0.25, -0.2) is 4.79 Å². The van der Waals surface area contributed by atoms with Gasteiger partial charge in [0.15, 0.2) is 5.96 Å². The SMILES string of the molecule is CC(C)CC(NC(=O)C(Cc1ccccc1)NC(=O)C(CCC(N)=O)NC(=O)C(CO)NC(=O)C(CC(=O)O)NC(=O)C1CCCN1C(=O)C(N)CCCN=C(N)N)C(=O)NC(Cc1ccccc1)C(=O)O. The Balaban J connectivity index is 1.81. The van der Waals surface area contributed by atoms with Crippen LogP contribution in [0.15, 0.2) is 65.7 Å². The van der Waals surface area contributed by atoms with Crippen LogP contribution < -0.4 is 54.8 Å². The number of nitrogens with zero attached hydrogens (tertiary/aromatic N) is 2. The fourth-order valence-corrected chi connectivity index (χ4v) is 7.73. The Kier molecular flexibility index (Phi) is 24.0. The molecule has 2 aromatic rings. The Morgan fingerprint density at radius 3 is 1.71 bits per heavy atom. The maximum absolute atomic E-state index is 14.2. The van der Waals surface area contributed by atoms with Crippen molar-refractivity contribution in [2.24, 2.45) is 33.8 Å². The number of guanidine groups is 1. The zero-order valence-electron chi connectivity index (χ0n) is 40.3. The van der Waals surface area contributed by atoms with E-state index in [4.69, 9.17) is 22.9 Å². The first-order chi connectivity index (χ1) is 34.1. The molecule has 1 fully saturated rings. The Morgan fingerprint density at radius 2 is 1.17 bits per heavy atom. The van der Waals surface area contributed by atoms with Crippen LogP contribution in [0.25, 0.3) is 0 Å². The van der Waals surface area contributed by atoms with Crippen LogP contribution in [-0.2, 0) is 60.8 Å². The van der Waals surface area contributed by atoms with Gasteiger partial charge in [0, 0.05) is 32.4 Å². The second-order valence-corrected chi connectivity index (χ2v) is 17.7. The predicted octanol–water partition coefficient (Wildman–Crippen LogP) is -3.38. The van der Waals surface area contributed by atoms with Crippen molar-refractivity contribution in [1.82, 2.24) is 36.8 Å². The molecule has 0 radical (unpaired) electrons. The van der Waals surface area contributed by atoms with Crippen molar-refractivity contribution >= 4 is 65.2 Å². The number of carbonyl (C=O) groups excluding carboxylic acids is 8. The lowest BCUT2D eigenvalue weighted by molar-refractivity contribution is -0.143. The van der Waals surface area contributed by atoms with Crippen molar-refractivity contribution in [3.63, 3.8) is 0 Å². The fraction of sp³-hybridized carbons (Fsp3) is 0.511. The van der Waals surface area contributed by atoms with Crippen molar-refractivity contribution in [2.75, 3.05) is 19.7 Å². The first kappa shape index (κ1) is 58.6. The number of carboxylic acid groups (broad SMARTS) is 2. The summed E-state index contributed by atoms with van der Waals surface area (Å²) in [5.74, 6) is -10.7. The number of hydrogen-bond donors (Lipinski definition) is 13. The number of carboxylic acids is 2. The van der Waals surface area contributed by atoms with Gasteiger partial charge in [0.1, 0.15) is 42.3 Å². The summed E-state index contributed by atoms with van der Waals surface area (Å²) in [6.45, 7) is 2.79. The smallest absolute Gasteiger partial charge is 0.326 e. The van der Waals surface area contributed by atoms with Gasteiger partial charge < -0.3 is 75.1 Å². The van der Waals surface area contributed by atoms with Crippen LogP contribution in [-0.4, -0.2) is 153 Å². The summed E-state index contributed by atoms with van der Waals surface area (Å²) < 4.78 is 0. The average Bonchev–Trinajstić information content (AvgIpc) is 3.82. The highest BCUT2D eigenvalue weighted by Crippen LogP contribution is 2.20. The molecular weight excluding hydrogens is 941 g/mol. The number of aliphatic hydroxyl groups excluding tert-OH is 1. The lowest BCUT2D eigenvalue weighted by Crippen LogP contribution is -2.61. The number of aliphatic carboxylic acids is 2. The van der Waals surface area contributed by atoms with Crippen LogP contribution in [0.1, 0.15) is 76.3 Å². The molecule has 2 aromatic carbocycles. The second kappa shape index (κ2) is 29.5. The van der Waals surface area contributed by atoms with Gasteiger partial charge in [-0.15, -0.1) is 0 Å². The standard InChI is InChI=1S/C47H68N12O13/c1-26(2)21-31(40(65)57-34(46(71)72)23-28-13-7-4-8-14-28)54-41(66)32(22-27-11-5-3-6-12-27)55-39(64)30(17-18-37(49)61)53-43(68)35(25-60)58-42(67)33(24-38(62)63)56-44(69)36-16-10-20-59(36)45(70)29(48)15-9-19-52-47(50)51/h3-8,11-14,26,29-36,60H,9-10,15-25,48H2,1-2H3,(H2,49,61)(H,53,68)(H,54,66)(H,55,64)(H,56,69)(H,57,65)(H,58,67)(H,62,63)(H,71,72)(H4,50,51,52). The first-order valence-corrected chi connectivity index (χ1v) is 23.4. The van der Waals surface area contributed by atoms with Gasteiger partial charge in [0.25, 0.3) is 0 Å². The number of amides is 8. The van der Waals surface area contributed by atoms with E-state index >= 15 is 0 Å². The van der Waals surface area contributed by atoms with Crippen LogP contribution in [0.3, 0.4) is 0 Å². The minimum Gasteiger partial charge on any atom is -0.481 e. The third-order valence-corrected chi connectivity index (χ3v) is 11.4. The molecule has 1 aliphatic rings. The number of rotatable bonds is 30. The minimum atomic E-state index is -1.88. The summed E-state index contributed by atoms with van der Waals surface area (Å²) in [5, 5.41) is 44.4. The molecule has 17 N–H and O–H groups in total. The quantitative estimate of drug-likeness (QED) is 0.0206. The molecule has 8 unspecified atom stereocenters. The number of nitrogens with one attached hydrogen (secondary N) is 6. The molecule has 8 atom stereocenters. The summed E-state index contributed by atoms with van der Waals surface area (Å²) in [5.41, 5.74) is 23.3. The number of benzene rings is 2. The molecule has 0 bridgehead atoms. The van der Waals surface area contributed by atoms with Crippen LogP contribution in [0.5, 0.6) is 0 Å². The van der Waals surface area contributed by atoms with E-state index in [0.717, 1.165) is 0 Å². The fourth-order valence-electron chi connectivity index (χ4n) is 7.73. The molecule has 25 nitrogen and oxygen atoms in total. The van der Waals surface area contributed by atoms with Crippen molar-refractivity contribution in [1.29, 1.82) is 0 Å². The van der Waals surface area contributed by atoms with E-state index in [1.165, 1.54) is 4.90 Å². The van der Waals surface area contributed by atoms with E-state index in [9.17, 15) is 63.3 Å². The lowest BCUT2D eigenvalue weighted by atomic mass is 9.99. The molecule has 1 heterocycles. The van der Waals surface area contributed by atoms with Crippen LogP contribution in [0.2, 0.25) is 0 Å². The van der Waals surface area contributed by atoms with E-state index in [1.807, 2.05) is 0 Å². The van der Waals surface area contributed by atoms with Gasteiger partial charge in [-0.3, -0.25) is 48.1 Å². The van der Waals surface area contributed by atoms with Gasteiger partial charge >= 0.3 is 11.9 Å². The summed E-state index contributed by atoms with van der Waals surface area (Å²) in [6.07, 6.45) is -1.02. The average molecular weight is 1010 g/mol. The minimum absolute atomic E-state index is 0.0558. The summed E-state index contributed by atoms with van der Waals surface area (Å²) in [4.78, 5) is 137. The van der Waals surface area contributed by atoms with E-state index in [-0.39, 0.29) is 57.1 Å². The van der Waals surface area contributed by atoms with E-state index in [0.29, 0.717) is 24.0 Å². The third kappa shape index (κ3) is 20.0. The maximum atomic E-state index is 14.2. The van der Waals surface area contributed by atoms with E-state index in [2.05, 4.69) is 36.9 Å². The molecule has 0 saturated carbocycles. The number of aliphatic imine (C=N–C) groups is 1. The lowest BCUT2D eigenvalue weighted by Gasteiger charge is -2.29. The van der Waals surface area contributed by atoms with Gasteiger partial charge in [0.05, 0.1) is 19.1 Å². The Labute approximate surface area is 416 Å². The molecule has 3 rings (SSSR count). The van der Waals surface area contributed by atoms with Crippen molar-refractivity contribution in [2.45, 2.75) is 126 Å². The van der Waals surface area contributed by atoms with Crippen LogP contribution in [0, 0.1) is 5.92 Å². The van der Waals surface area contributed by atoms with E-state index in [1.54, 1.807) is 74.5 Å². The Bertz CT molecular complexity index is 2230. The number of likely N-dealkylation sites (tertiary alicyclic amines) is 1. The molecule has 1 aliphatic heterocycles. The number of nitrogens with two attached hydrogens (primary N) is 4. The number of aliphatic hydroxyl groups is 1. The zero-order chi connectivity index (χ0) is 53.5. The monoisotopic (exact) mass is 1010 g/mol. The molecule has 1 saturated heterocycles. The van der Waals surface area contributed by atoms with Crippen molar-refractivity contribution < 1.29 is 63.3 Å². The summed E-state index contributed by atoms with van der Waals surface area (Å²) in [6, 6.07) is 5.32. The van der Waals surface area contributed by atoms with Crippen LogP contribution >= 0.6 is 0 Å². The summed E-state index contributed by atoms with van der Waals surface area (Å²) >= 11 is 0. The molecule has 72 heavy (non-hydrogen) atoms. The summed E-state index contributed by atoms with van der Waals surface area (Å²) in [7, 11) is 0. The van der Waals surface area contributed by atoms with Crippen molar-refractivity contribution in [3.8, 4) is 0 Å². The number of primary amides is 1. The van der Waals surface area contributed by atoms with Crippen LogP contribution in [0.4, 0.5) is 0 Å². The molecular formula is C47H68N12O13. The topological polar surface area (TPSA) is 423 Å². The largest absolute Gasteiger partial charge is 0.481 e. The van der Waals surface area contributed by atoms with Gasteiger partial charge in [-0.05, 0) is 55.6 Å². The van der Waals surface area contributed by atoms with Gasteiger partial charge in [-0.2, -0.15) is 0 Å². The maximum Gasteiger partial charge on any atom is 0.326 e. The molecule has 394 valence electrons. The van der Waals surface area contributed by atoms with Crippen molar-refractivity contribution in [3.05, 3.63) is 71.8 Å². The van der Waals surface area contributed by atoms with Gasteiger partial charge in [-0.1, -0.05) is 74.5 Å². The Morgan fingerprint density at radius 1 is 0.667 bits per heavy atom. The number of hydrogen-bond acceptors (Lipinski definition) is 13. The third-order valence-electron chi connectivity index (χ3n) is 11.4. The highest BCUT2D eigenvalue weighted by Gasteiger charge is 2.39. The number of carbonyl (C=O) groups is 10. The molecule has 0 aliphatic carbocycles. The second-order valence-electron chi connectivity index (χ2n) is 17.7. The molecule has 0 spiro atoms. The first-order valence-electron chi connectivity index (χ1n) is 23.4. The normalized spacial score (nSPS) is 16.0. The molecule has 8 amide bonds. The van der Waals surface area contributed by atoms with Gasteiger partial charge in [0.2, 0.25) is 47.3 Å². The Hall–Kier alpha value is -7.67. The highest BCUT2D eigenvalue weighted by molar-refractivity contribution is 5.98.